The fourth-order valence-corrected chi connectivity index (χ4v) is 5.14. The fourth-order valence-electron chi connectivity index (χ4n) is 3.99. The molecule has 8 nitrogen and oxygen atoms in total. The first kappa shape index (κ1) is 31.3. The van der Waals surface area contributed by atoms with Gasteiger partial charge in [0, 0.05) is 28.2 Å². The zero-order chi connectivity index (χ0) is 29.6. The molecule has 212 valence electrons. The van der Waals surface area contributed by atoms with Crippen LogP contribution in [0.5, 0.6) is 0 Å². The van der Waals surface area contributed by atoms with Gasteiger partial charge in [-0.25, -0.2) is 9.59 Å². The Kier molecular flexibility index (Phi) is 10.8. The molecule has 0 saturated carbocycles. The van der Waals surface area contributed by atoms with Crippen LogP contribution in [0.25, 0.3) is 22.6 Å². The highest BCUT2D eigenvalue weighted by Gasteiger charge is 2.22. The molecule has 4 aromatic rings. The molecule has 0 N–H and O–H groups in total. The van der Waals surface area contributed by atoms with Crippen LogP contribution in [0.4, 0.5) is 0 Å². The minimum atomic E-state index is -0.443. The van der Waals surface area contributed by atoms with Crippen LogP contribution in [0.15, 0.2) is 44.3 Å². The summed E-state index contributed by atoms with van der Waals surface area (Å²) in [4.78, 5) is 25.0. The van der Waals surface area contributed by atoms with Gasteiger partial charge >= 0.3 is 11.9 Å². The van der Waals surface area contributed by atoms with E-state index in [9.17, 15) is 9.59 Å². The number of esters is 2. The maximum absolute atomic E-state index is 12.0. The van der Waals surface area contributed by atoms with E-state index in [1.54, 1.807) is 51.6 Å². The molecule has 2 heterocycles. The van der Waals surface area contributed by atoms with Crippen molar-refractivity contribution in [2.75, 3.05) is 19.5 Å². The SMILES string of the molecule is CCOC(=O)c1cc(Cl)c(Cl)c(-c2cc(C)no2)c1C.CCOC(=O)c1ccc(SC)c(-c2cc(C)no2)c1C. The van der Waals surface area contributed by atoms with Crippen molar-refractivity contribution < 1.29 is 28.1 Å². The van der Waals surface area contributed by atoms with Gasteiger partial charge in [0.2, 0.25) is 0 Å². The fraction of sp³-hybridized carbons (Fsp3) is 0.310. The Hall–Kier alpha value is -3.27. The van der Waals surface area contributed by atoms with Gasteiger partial charge in [-0.05, 0) is 77.1 Å². The van der Waals surface area contributed by atoms with Crippen LogP contribution in [0, 0.1) is 27.7 Å². The van der Waals surface area contributed by atoms with Gasteiger partial charge in [0.05, 0.1) is 45.8 Å². The van der Waals surface area contributed by atoms with Gasteiger partial charge < -0.3 is 18.5 Å². The van der Waals surface area contributed by atoms with E-state index in [1.807, 2.05) is 32.2 Å². The van der Waals surface area contributed by atoms with Crippen LogP contribution in [-0.2, 0) is 9.47 Å². The maximum atomic E-state index is 12.0. The van der Waals surface area contributed by atoms with Gasteiger partial charge in [-0.3, -0.25) is 0 Å². The number of halogens is 2. The molecule has 0 unspecified atom stereocenters. The molecule has 0 bridgehead atoms. The average molecular weight is 606 g/mol. The molecule has 40 heavy (non-hydrogen) atoms. The van der Waals surface area contributed by atoms with Crippen molar-refractivity contribution in [1.82, 2.24) is 10.3 Å². The lowest BCUT2D eigenvalue weighted by molar-refractivity contribution is 0.0516. The highest BCUT2D eigenvalue weighted by molar-refractivity contribution is 7.98. The van der Waals surface area contributed by atoms with E-state index in [4.69, 9.17) is 41.7 Å². The third-order valence-corrected chi connectivity index (χ3v) is 7.43. The third kappa shape index (κ3) is 6.89. The molecular formula is C29H30Cl2N2O6S. The number of nitrogens with zero attached hydrogens (tertiary/aromatic N) is 2. The predicted molar refractivity (Wildman–Crippen MR) is 157 cm³/mol. The monoisotopic (exact) mass is 604 g/mol. The molecular weight excluding hydrogens is 575 g/mol. The van der Waals surface area contributed by atoms with Crippen LogP contribution in [0.3, 0.4) is 0 Å². The summed E-state index contributed by atoms with van der Waals surface area (Å²) in [5.74, 6) is 0.393. The minimum Gasteiger partial charge on any atom is -0.462 e. The van der Waals surface area contributed by atoms with E-state index < -0.39 is 5.97 Å². The van der Waals surface area contributed by atoms with Crippen molar-refractivity contribution in [3.05, 3.63) is 74.0 Å². The Morgan fingerprint density at radius 3 is 1.77 bits per heavy atom. The maximum Gasteiger partial charge on any atom is 0.338 e. The van der Waals surface area contributed by atoms with E-state index in [0.29, 0.717) is 51.1 Å². The molecule has 0 atom stereocenters. The van der Waals surface area contributed by atoms with Crippen LogP contribution in [0.2, 0.25) is 10.0 Å². The summed E-state index contributed by atoms with van der Waals surface area (Å²) in [5, 5.41) is 8.34. The van der Waals surface area contributed by atoms with Gasteiger partial charge in [-0.2, -0.15) is 0 Å². The van der Waals surface area contributed by atoms with Crippen molar-refractivity contribution in [2.24, 2.45) is 0 Å². The molecule has 4 rings (SSSR count). The standard InChI is InChI=1S/C15H17NO3S.C14H13Cl2NO3/c1-5-18-15(17)11-6-7-13(20-4)14(10(11)3)12-8-9(2)16-19-12;1-4-19-14(18)9-6-10(15)13(16)12(8(9)3)11-5-7(2)17-20-11/h6-8H,5H2,1-4H3;5-6H,4H2,1-3H3. The van der Waals surface area contributed by atoms with Gasteiger partial charge in [-0.15, -0.1) is 11.8 Å². The zero-order valence-electron chi connectivity index (χ0n) is 23.3. The number of carbonyl (C=O) groups is 2. The van der Waals surface area contributed by atoms with E-state index >= 15 is 0 Å². The van der Waals surface area contributed by atoms with Crippen LogP contribution in [0.1, 0.15) is 57.1 Å². The molecule has 11 heteroatoms. The molecule has 0 radical (unpaired) electrons. The van der Waals surface area contributed by atoms with Gasteiger partial charge in [0.15, 0.2) is 11.5 Å². The van der Waals surface area contributed by atoms with Gasteiger partial charge in [0.25, 0.3) is 0 Å². The number of thioether (sulfide) groups is 1. The third-order valence-electron chi connectivity index (χ3n) is 5.87. The lowest BCUT2D eigenvalue weighted by atomic mass is 10.00. The minimum absolute atomic E-state index is 0.268. The van der Waals surface area contributed by atoms with Crippen molar-refractivity contribution >= 4 is 46.9 Å². The van der Waals surface area contributed by atoms with Crippen molar-refractivity contribution in [2.45, 2.75) is 46.4 Å². The summed E-state index contributed by atoms with van der Waals surface area (Å²) in [6, 6.07) is 8.82. The Bertz CT molecular complexity index is 1530. The number of hydrogen-bond donors (Lipinski definition) is 0. The molecule has 0 saturated heterocycles. The molecule has 0 aliphatic heterocycles. The second-order valence-electron chi connectivity index (χ2n) is 8.64. The topological polar surface area (TPSA) is 105 Å². The largest absolute Gasteiger partial charge is 0.462 e. The molecule has 0 fully saturated rings. The summed E-state index contributed by atoms with van der Waals surface area (Å²) < 4.78 is 20.7. The second-order valence-corrected chi connectivity index (χ2v) is 10.3. The summed E-state index contributed by atoms with van der Waals surface area (Å²) in [5.41, 5.74) is 5.42. The summed E-state index contributed by atoms with van der Waals surface area (Å²) in [7, 11) is 0. The second kappa shape index (κ2) is 13.9. The number of aryl methyl sites for hydroxylation is 2. The van der Waals surface area contributed by atoms with Gasteiger partial charge in [-0.1, -0.05) is 33.5 Å². The smallest absolute Gasteiger partial charge is 0.338 e. The summed E-state index contributed by atoms with van der Waals surface area (Å²) >= 11 is 13.9. The first-order chi connectivity index (χ1) is 19.0. The number of benzene rings is 2. The van der Waals surface area contributed by atoms with E-state index in [0.717, 1.165) is 21.7 Å². The lowest BCUT2D eigenvalue weighted by Gasteiger charge is -2.12. The molecule has 0 spiro atoms. The molecule has 2 aromatic heterocycles. The molecule has 0 aliphatic carbocycles. The Labute approximate surface area is 247 Å². The first-order valence-electron chi connectivity index (χ1n) is 12.4. The van der Waals surface area contributed by atoms with Crippen molar-refractivity contribution in [3.8, 4) is 22.6 Å². The number of aromatic nitrogens is 2. The Morgan fingerprint density at radius 2 is 1.30 bits per heavy atom. The van der Waals surface area contributed by atoms with E-state index in [1.165, 1.54) is 6.07 Å². The molecule has 0 amide bonds. The van der Waals surface area contributed by atoms with Crippen LogP contribution >= 0.6 is 35.0 Å². The first-order valence-corrected chi connectivity index (χ1v) is 14.4. The predicted octanol–water partition coefficient (Wildman–Crippen LogP) is 8.30. The van der Waals surface area contributed by atoms with Crippen molar-refractivity contribution in [3.63, 3.8) is 0 Å². The number of rotatable bonds is 7. The van der Waals surface area contributed by atoms with Crippen molar-refractivity contribution in [1.29, 1.82) is 0 Å². The Balaban J connectivity index is 0.000000220. The Morgan fingerprint density at radius 1 is 0.800 bits per heavy atom. The van der Waals surface area contributed by atoms with Crippen LogP contribution in [-0.4, -0.2) is 41.7 Å². The zero-order valence-corrected chi connectivity index (χ0v) is 25.6. The highest BCUT2D eigenvalue weighted by atomic mass is 35.5. The summed E-state index contributed by atoms with van der Waals surface area (Å²) in [6.45, 7) is 11.5. The number of carbonyl (C=O) groups excluding carboxylic acids is 2. The lowest BCUT2D eigenvalue weighted by Crippen LogP contribution is -2.08. The van der Waals surface area contributed by atoms with Gasteiger partial charge in [0.1, 0.15) is 0 Å². The van der Waals surface area contributed by atoms with E-state index in [-0.39, 0.29) is 17.6 Å². The van der Waals surface area contributed by atoms with Crippen LogP contribution < -0.4 is 0 Å². The van der Waals surface area contributed by atoms with E-state index in [2.05, 4.69) is 10.3 Å². The quantitative estimate of drug-likeness (QED) is 0.152. The summed E-state index contributed by atoms with van der Waals surface area (Å²) in [6.07, 6.45) is 1.99. The number of ether oxygens (including phenoxy) is 2. The normalized spacial score (nSPS) is 10.6. The highest BCUT2D eigenvalue weighted by Crippen LogP contribution is 2.39. The molecule has 2 aromatic carbocycles. The average Bonchev–Trinajstić information content (AvgIpc) is 3.54. The molecule has 0 aliphatic rings. The number of hydrogen-bond acceptors (Lipinski definition) is 9.